The molecular weight excluding hydrogens is 152 g/mol. The minimum atomic E-state index is -0.272. The molecule has 0 aromatic rings. The van der Waals surface area contributed by atoms with Crippen molar-refractivity contribution in [3.05, 3.63) is 12.7 Å². The molecule has 0 saturated carbocycles. The van der Waals surface area contributed by atoms with E-state index in [0.29, 0.717) is 6.61 Å². The van der Waals surface area contributed by atoms with Crippen LogP contribution < -0.4 is 0 Å². The van der Waals surface area contributed by atoms with Gasteiger partial charge in [0, 0.05) is 5.41 Å². The first-order chi connectivity index (χ1) is 5.58. The highest BCUT2D eigenvalue weighted by molar-refractivity contribution is 5.89. The lowest BCUT2D eigenvalue weighted by atomic mass is 9.88. The molecule has 1 atom stereocenters. The van der Waals surface area contributed by atoms with Crippen LogP contribution in [0.1, 0.15) is 26.7 Å². The number of hydrogen-bond donors (Lipinski definition) is 0. The van der Waals surface area contributed by atoms with Gasteiger partial charge in [-0.25, -0.2) is 0 Å². The smallest absolute Gasteiger partial charge is 0.169 e. The van der Waals surface area contributed by atoms with Crippen LogP contribution in [-0.2, 0) is 9.53 Å². The van der Waals surface area contributed by atoms with Crippen LogP contribution in [0, 0.1) is 5.41 Å². The van der Waals surface area contributed by atoms with Gasteiger partial charge in [-0.2, -0.15) is 0 Å². The van der Waals surface area contributed by atoms with E-state index in [0.717, 1.165) is 12.8 Å². The maximum absolute atomic E-state index is 11.6. The summed E-state index contributed by atoms with van der Waals surface area (Å²) >= 11 is 0. The highest BCUT2D eigenvalue weighted by atomic mass is 16.5. The fourth-order valence-electron chi connectivity index (χ4n) is 1.38. The van der Waals surface area contributed by atoms with Crippen molar-refractivity contribution in [1.82, 2.24) is 0 Å². The summed E-state index contributed by atoms with van der Waals surface area (Å²) in [5.41, 5.74) is -0.272. The molecule has 0 aromatic heterocycles. The summed E-state index contributed by atoms with van der Waals surface area (Å²) in [6.45, 7) is 8.05. The molecule has 1 aliphatic rings. The van der Waals surface area contributed by atoms with Gasteiger partial charge in [-0.1, -0.05) is 19.9 Å². The van der Waals surface area contributed by atoms with E-state index in [9.17, 15) is 4.79 Å². The predicted octanol–water partition coefficient (Wildman–Crippen LogP) is 1.95. The Bertz CT molecular complexity index is 194. The molecule has 12 heavy (non-hydrogen) atoms. The lowest BCUT2D eigenvalue weighted by molar-refractivity contribution is -0.127. The van der Waals surface area contributed by atoms with Crippen molar-refractivity contribution in [1.29, 1.82) is 0 Å². The maximum Gasteiger partial charge on any atom is 0.169 e. The second-order valence-corrected chi connectivity index (χ2v) is 3.91. The zero-order valence-electron chi connectivity index (χ0n) is 7.80. The Morgan fingerprint density at radius 1 is 1.75 bits per heavy atom. The normalized spacial score (nSPS) is 27.5. The van der Waals surface area contributed by atoms with Gasteiger partial charge in [-0.3, -0.25) is 4.79 Å². The quantitative estimate of drug-likeness (QED) is 0.602. The third kappa shape index (κ3) is 1.75. The molecule has 1 aliphatic heterocycles. The summed E-state index contributed by atoms with van der Waals surface area (Å²) in [5.74, 6) is 0.240. The lowest BCUT2D eigenvalue weighted by Gasteiger charge is -2.11. The molecule has 1 unspecified atom stereocenters. The van der Waals surface area contributed by atoms with Crippen molar-refractivity contribution in [3.8, 4) is 0 Å². The van der Waals surface area contributed by atoms with Gasteiger partial charge in [-0.15, -0.1) is 6.58 Å². The second-order valence-electron chi connectivity index (χ2n) is 3.91. The number of ketones is 1. The Morgan fingerprint density at radius 3 is 2.83 bits per heavy atom. The third-order valence-electron chi connectivity index (χ3n) is 2.24. The molecule has 0 aromatic carbocycles. The van der Waals surface area contributed by atoms with Crippen molar-refractivity contribution >= 4 is 5.78 Å². The molecule has 68 valence electrons. The van der Waals surface area contributed by atoms with Gasteiger partial charge >= 0.3 is 0 Å². The molecule has 1 heterocycles. The standard InChI is InChI=1S/C10H16O2/c1-4-5-6-8-9(11)10(2,3)7-12-8/h4,8H,1,5-7H2,2-3H3. The zero-order chi connectivity index (χ0) is 9.19. The van der Waals surface area contributed by atoms with Gasteiger partial charge in [-0.05, 0) is 12.8 Å². The number of allylic oxidation sites excluding steroid dienone is 1. The van der Waals surface area contributed by atoms with E-state index in [1.165, 1.54) is 0 Å². The summed E-state index contributed by atoms with van der Waals surface area (Å²) < 4.78 is 5.39. The Labute approximate surface area is 73.6 Å². The van der Waals surface area contributed by atoms with E-state index in [1.54, 1.807) is 0 Å². The minimum Gasteiger partial charge on any atom is -0.369 e. The first kappa shape index (κ1) is 9.46. The average Bonchev–Trinajstić information content (AvgIpc) is 2.26. The first-order valence-electron chi connectivity index (χ1n) is 4.35. The van der Waals surface area contributed by atoms with Crippen molar-refractivity contribution < 1.29 is 9.53 Å². The first-order valence-corrected chi connectivity index (χ1v) is 4.35. The minimum absolute atomic E-state index is 0.182. The molecule has 2 nitrogen and oxygen atoms in total. The number of Topliss-reactive ketones (excluding diaryl/α,β-unsaturated/α-hetero) is 1. The van der Waals surface area contributed by atoms with Crippen LogP contribution in [0.15, 0.2) is 12.7 Å². The summed E-state index contributed by atoms with van der Waals surface area (Å²) in [4.78, 5) is 11.6. The van der Waals surface area contributed by atoms with E-state index in [2.05, 4.69) is 6.58 Å². The monoisotopic (exact) mass is 168 g/mol. The van der Waals surface area contributed by atoms with E-state index >= 15 is 0 Å². The van der Waals surface area contributed by atoms with Gasteiger partial charge in [0.15, 0.2) is 5.78 Å². The van der Waals surface area contributed by atoms with Crippen LogP contribution in [0.25, 0.3) is 0 Å². The number of carbonyl (C=O) groups is 1. The molecule has 1 fully saturated rings. The lowest BCUT2D eigenvalue weighted by Crippen LogP contribution is -2.26. The summed E-state index contributed by atoms with van der Waals surface area (Å²) in [7, 11) is 0. The van der Waals surface area contributed by atoms with Crippen LogP contribution in [0.5, 0.6) is 0 Å². The summed E-state index contributed by atoms with van der Waals surface area (Å²) in [5, 5.41) is 0. The summed E-state index contributed by atoms with van der Waals surface area (Å²) in [6.07, 6.45) is 3.28. The molecule has 0 radical (unpaired) electrons. The molecule has 0 spiro atoms. The predicted molar refractivity (Wildman–Crippen MR) is 48.0 cm³/mol. The van der Waals surface area contributed by atoms with Crippen molar-refractivity contribution in [2.75, 3.05) is 6.61 Å². The van der Waals surface area contributed by atoms with Crippen LogP contribution in [0.4, 0.5) is 0 Å². The molecule has 0 N–H and O–H groups in total. The molecule has 0 amide bonds. The van der Waals surface area contributed by atoms with Crippen molar-refractivity contribution in [3.63, 3.8) is 0 Å². The SMILES string of the molecule is C=CCCC1OCC(C)(C)C1=O. The fourth-order valence-corrected chi connectivity index (χ4v) is 1.38. The van der Waals surface area contributed by atoms with Gasteiger partial charge in [0.25, 0.3) is 0 Å². The van der Waals surface area contributed by atoms with Crippen LogP contribution in [0.2, 0.25) is 0 Å². The highest BCUT2D eigenvalue weighted by Gasteiger charge is 2.40. The fraction of sp³-hybridized carbons (Fsp3) is 0.700. The Hall–Kier alpha value is -0.630. The second kappa shape index (κ2) is 3.40. The van der Waals surface area contributed by atoms with E-state index in [-0.39, 0.29) is 17.3 Å². The average molecular weight is 168 g/mol. The van der Waals surface area contributed by atoms with Crippen molar-refractivity contribution in [2.45, 2.75) is 32.8 Å². The largest absolute Gasteiger partial charge is 0.369 e. The van der Waals surface area contributed by atoms with Gasteiger partial charge in [0.2, 0.25) is 0 Å². The molecule has 2 heteroatoms. The van der Waals surface area contributed by atoms with Gasteiger partial charge in [0.1, 0.15) is 6.10 Å². The maximum atomic E-state index is 11.6. The Balaban J connectivity index is 2.50. The Kier molecular flexibility index (Phi) is 2.68. The Morgan fingerprint density at radius 2 is 2.42 bits per heavy atom. The third-order valence-corrected chi connectivity index (χ3v) is 2.24. The van der Waals surface area contributed by atoms with E-state index in [4.69, 9.17) is 4.74 Å². The van der Waals surface area contributed by atoms with Crippen LogP contribution in [0.3, 0.4) is 0 Å². The summed E-state index contributed by atoms with van der Waals surface area (Å²) in [6, 6.07) is 0. The van der Waals surface area contributed by atoms with Gasteiger partial charge in [0.05, 0.1) is 6.61 Å². The van der Waals surface area contributed by atoms with Crippen LogP contribution in [-0.4, -0.2) is 18.5 Å². The number of rotatable bonds is 3. The van der Waals surface area contributed by atoms with E-state index < -0.39 is 0 Å². The van der Waals surface area contributed by atoms with E-state index in [1.807, 2.05) is 19.9 Å². The molecule has 1 rings (SSSR count). The highest BCUT2D eigenvalue weighted by Crippen LogP contribution is 2.29. The number of ether oxygens (including phenoxy) is 1. The molecule has 0 bridgehead atoms. The van der Waals surface area contributed by atoms with Crippen LogP contribution >= 0.6 is 0 Å². The van der Waals surface area contributed by atoms with Gasteiger partial charge < -0.3 is 4.74 Å². The zero-order valence-corrected chi connectivity index (χ0v) is 7.80. The van der Waals surface area contributed by atoms with Crippen molar-refractivity contribution in [2.24, 2.45) is 5.41 Å². The topological polar surface area (TPSA) is 26.3 Å². The molecule has 1 saturated heterocycles. The molecular formula is C10H16O2. The number of carbonyl (C=O) groups excluding carboxylic acids is 1. The molecule has 0 aliphatic carbocycles. The number of hydrogen-bond acceptors (Lipinski definition) is 2.